The molecule has 4 aliphatic carbocycles. The highest BCUT2D eigenvalue weighted by atomic mass is 16.3. The van der Waals surface area contributed by atoms with Gasteiger partial charge in [0.15, 0.2) is 0 Å². The third-order valence-corrected chi connectivity index (χ3v) is 8.20. The summed E-state index contributed by atoms with van der Waals surface area (Å²) < 4.78 is 0. The molecule has 132 valence electrons. The first-order chi connectivity index (χ1) is 11.3. The Morgan fingerprint density at radius 1 is 0.435 bits per heavy atom. The Balaban J connectivity index is 1.52. The summed E-state index contributed by atoms with van der Waals surface area (Å²) in [6.07, 6.45) is 16.5. The van der Waals surface area contributed by atoms with Crippen molar-refractivity contribution in [1.29, 1.82) is 0 Å². The van der Waals surface area contributed by atoms with Crippen LogP contribution in [0.1, 0.15) is 83.5 Å². The van der Waals surface area contributed by atoms with Crippen molar-refractivity contribution in [3.63, 3.8) is 0 Å². The zero-order valence-electron chi connectivity index (χ0n) is 14.7. The molecule has 0 aromatic heterocycles. The van der Waals surface area contributed by atoms with Crippen LogP contribution in [0.25, 0.3) is 0 Å². The Hall–Kier alpha value is -0.0800. The van der Waals surface area contributed by atoms with Crippen LogP contribution < -0.4 is 0 Å². The molecule has 0 bridgehead atoms. The standard InChI is InChI=1S/C21H36O2/c22-20-17(14-6-1-2-7-14)11-5-10-16-12-13-18(21(23)19(16)20)15-8-3-4-9-15/h14-23H,1-13H2/t16?,17-,18+,19?,20?,21?/m1/s1. The van der Waals surface area contributed by atoms with E-state index in [9.17, 15) is 10.2 Å². The maximum atomic E-state index is 11.3. The van der Waals surface area contributed by atoms with E-state index in [4.69, 9.17) is 0 Å². The summed E-state index contributed by atoms with van der Waals surface area (Å²) >= 11 is 0. The molecular formula is C21H36O2. The van der Waals surface area contributed by atoms with Crippen molar-refractivity contribution in [1.82, 2.24) is 0 Å². The second-order valence-corrected chi connectivity index (χ2v) is 9.24. The second kappa shape index (κ2) is 7.04. The van der Waals surface area contributed by atoms with Gasteiger partial charge in [-0.05, 0) is 55.3 Å². The van der Waals surface area contributed by atoms with Crippen molar-refractivity contribution < 1.29 is 10.2 Å². The molecule has 0 aromatic carbocycles. The topological polar surface area (TPSA) is 40.5 Å². The maximum Gasteiger partial charge on any atom is 0.0626 e. The summed E-state index contributed by atoms with van der Waals surface area (Å²) in [6.45, 7) is 0. The van der Waals surface area contributed by atoms with Gasteiger partial charge in [0.2, 0.25) is 0 Å². The minimum Gasteiger partial charge on any atom is -0.392 e. The lowest BCUT2D eigenvalue weighted by Gasteiger charge is -2.45. The molecule has 0 radical (unpaired) electrons. The van der Waals surface area contributed by atoms with Crippen LogP contribution in [-0.4, -0.2) is 22.4 Å². The fraction of sp³-hybridized carbons (Fsp3) is 1.00. The van der Waals surface area contributed by atoms with E-state index < -0.39 is 0 Å². The van der Waals surface area contributed by atoms with Gasteiger partial charge < -0.3 is 10.2 Å². The van der Waals surface area contributed by atoms with E-state index >= 15 is 0 Å². The Labute approximate surface area is 142 Å². The van der Waals surface area contributed by atoms with Gasteiger partial charge in [0.25, 0.3) is 0 Å². The number of hydrogen-bond acceptors (Lipinski definition) is 2. The van der Waals surface area contributed by atoms with Crippen molar-refractivity contribution in [3.8, 4) is 0 Å². The SMILES string of the molecule is OC1C2C(CCC[C@@H]1C1CCCC1)CC[C@@H](C1CCCC1)C2O. The molecular weight excluding hydrogens is 284 g/mol. The molecule has 4 aliphatic rings. The normalized spacial score (nSPS) is 46.7. The third-order valence-electron chi connectivity index (χ3n) is 8.20. The third kappa shape index (κ3) is 3.11. The second-order valence-electron chi connectivity index (χ2n) is 9.24. The molecule has 0 heterocycles. The minimum absolute atomic E-state index is 0.183. The zero-order valence-corrected chi connectivity index (χ0v) is 14.7. The average molecular weight is 321 g/mol. The van der Waals surface area contributed by atoms with Gasteiger partial charge in [-0.1, -0.05) is 57.8 Å². The van der Waals surface area contributed by atoms with Crippen LogP contribution in [-0.2, 0) is 0 Å². The minimum atomic E-state index is -0.232. The van der Waals surface area contributed by atoms with Crippen LogP contribution in [0.5, 0.6) is 0 Å². The Morgan fingerprint density at radius 2 is 0.913 bits per heavy atom. The van der Waals surface area contributed by atoms with Crippen molar-refractivity contribution in [3.05, 3.63) is 0 Å². The van der Waals surface area contributed by atoms with Crippen molar-refractivity contribution >= 4 is 0 Å². The Morgan fingerprint density at radius 3 is 1.48 bits per heavy atom. The van der Waals surface area contributed by atoms with Gasteiger partial charge in [-0.2, -0.15) is 0 Å². The molecule has 4 rings (SSSR count). The van der Waals surface area contributed by atoms with E-state index in [1.807, 2.05) is 0 Å². The molecule has 2 heteroatoms. The zero-order chi connectivity index (χ0) is 15.8. The summed E-state index contributed by atoms with van der Waals surface area (Å²) in [5, 5.41) is 22.5. The lowest BCUT2D eigenvalue weighted by atomic mass is 9.63. The summed E-state index contributed by atoms with van der Waals surface area (Å²) in [5.41, 5.74) is 0. The molecule has 0 saturated heterocycles. The van der Waals surface area contributed by atoms with Crippen molar-refractivity contribution in [2.45, 2.75) is 95.7 Å². The van der Waals surface area contributed by atoms with Crippen LogP contribution in [0.15, 0.2) is 0 Å². The lowest BCUT2D eigenvalue weighted by Crippen LogP contribution is -2.49. The summed E-state index contributed by atoms with van der Waals surface area (Å²) in [5.74, 6) is 3.21. The number of aliphatic hydroxyl groups excluding tert-OH is 2. The molecule has 4 saturated carbocycles. The fourth-order valence-electron chi connectivity index (χ4n) is 7.02. The highest BCUT2D eigenvalue weighted by Gasteiger charge is 2.48. The molecule has 23 heavy (non-hydrogen) atoms. The van der Waals surface area contributed by atoms with Gasteiger partial charge in [0.1, 0.15) is 0 Å². The van der Waals surface area contributed by atoms with Gasteiger partial charge in [-0.25, -0.2) is 0 Å². The largest absolute Gasteiger partial charge is 0.392 e. The monoisotopic (exact) mass is 320 g/mol. The van der Waals surface area contributed by atoms with E-state index in [2.05, 4.69) is 0 Å². The van der Waals surface area contributed by atoms with Crippen LogP contribution >= 0.6 is 0 Å². The lowest BCUT2D eigenvalue weighted by molar-refractivity contribution is -0.104. The summed E-state index contributed by atoms with van der Waals surface area (Å²) in [4.78, 5) is 0. The Kier molecular flexibility index (Phi) is 5.02. The molecule has 0 amide bonds. The average Bonchev–Trinajstić information content (AvgIpc) is 3.22. The van der Waals surface area contributed by atoms with Crippen LogP contribution in [0.4, 0.5) is 0 Å². The highest BCUT2D eigenvalue weighted by Crippen LogP contribution is 2.50. The maximum absolute atomic E-state index is 11.3. The first kappa shape index (κ1) is 16.4. The molecule has 2 nitrogen and oxygen atoms in total. The summed E-state index contributed by atoms with van der Waals surface area (Å²) in [6, 6.07) is 0. The number of fused-ring (bicyclic) bond motifs is 1. The van der Waals surface area contributed by atoms with E-state index in [1.54, 1.807) is 0 Å². The number of aliphatic hydroxyl groups is 2. The molecule has 4 unspecified atom stereocenters. The Bertz CT molecular complexity index is 383. The van der Waals surface area contributed by atoms with Crippen molar-refractivity contribution in [2.75, 3.05) is 0 Å². The highest BCUT2D eigenvalue weighted by molar-refractivity contribution is 4.98. The predicted molar refractivity (Wildman–Crippen MR) is 93.0 cm³/mol. The van der Waals surface area contributed by atoms with Gasteiger partial charge in [0.05, 0.1) is 12.2 Å². The smallest absolute Gasteiger partial charge is 0.0626 e. The van der Waals surface area contributed by atoms with E-state index in [1.165, 1.54) is 83.5 Å². The molecule has 2 N–H and O–H groups in total. The van der Waals surface area contributed by atoms with Crippen LogP contribution in [0.3, 0.4) is 0 Å². The van der Waals surface area contributed by atoms with E-state index in [0.717, 1.165) is 11.8 Å². The van der Waals surface area contributed by atoms with Crippen LogP contribution in [0.2, 0.25) is 0 Å². The van der Waals surface area contributed by atoms with E-state index in [-0.39, 0.29) is 18.1 Å². The van der Waals surface area contributed by atoms with Crippen molar-refractivity contribution in [2.24, 2.45) is 35.5 Å². The molecule has 0 aromatic rings. The van der Waals surface area contributed by atoms with Gasteiger partial charge in [-0.15, -0.1) is 0 Å². The quantitative estimate of drug-likeness (QED) is 0.784. The summed E-state index contributed by atoms with van der Waals surface area (Å²) in [7, 11) is 0. The molecule has 4 fully saturated rings. The molecule has 0 aliphatic heterocycles. The molecule has 6 atom stereocenters. The predicted octanol–water partition coefficient (Wildman–Crippen LogP) is 4.53. The number of rotatable bonds is 2. The van der Waals surface area contributed by atoms with Gasteiger partial charge >= 0.3 is 0 Å². The van der Waals surface area contributed by atoms with E-state index in [0.29, 0.717) is 17.8 Å². The fourth-order valence-corrected chi connectivity index (χ4v) is 7.02. The van der Waals surface area contributed by atoms with Gasteiger partial charge in [0, 0.05) is 5.92 Å². The first-order valence-electron chi connectivity index (χ1n) is 10.6. The number of hydrogen-bond donors (Lipinski definition) is 2. The molecule has 0 spiro atoms. The van der Waals surface area contributed by atoms with Crippen LogP contribution in [0, 0.1) is 35.5 Å². The van der Waals surface area contributed by atoms with Gasteiger partial charge in [-0.3, -0.25) is 0 Å². The first-order valence-corrected chi connectivity index (χ1v) is 10.6.